The number of hydrazine groups is 1. The fraction of sp³-hybridized carbons (Fsp3) is 1.00. The van der Waals surface area contributed by atoms with Gasteiger partial charge in [0.15, 0.2) is 0 Å². The van der Waals surface area contributed by atoms with Gasteiger partial charge in [-0.2, -0.15) is 5.12 Å². The molecule has 5 heteroatoms. The van der Waals surface area contributed by atoms with Crippen molar-refractivity contribution in [2.24, 2.45) is 10.5 Å². The van der Waals surface area contributed by atoms with Crippen LogP contribution in [0.5, 0.6) is 0 Å². The van der Waals surface area contributed by atoms with Gasteiger partial charge in [0.25, 0.3) is 0 Å². The van der Waals surface area contributed by atoms with E-state index in [1.165, 1.54) is 5.12 Å². The third-order valence-electron chi connectivity index (χ3n) is 0.384. The third kappa shape index (κ3) is 0.389. The van der Waals surface area contributed by atoms with E-state index in [1.807, 2.05) is 0 Å². The van der Waals surface area contributed by atoms with Crippen LogP contribution in [0, 0.1) is 0 Å². The summed E-state index contributed by atoms with van der Waals surface area (Å²) in [4.78, 5) is 4.19. The van der Waals surface area contributed by atoms with E-state index in [4.69, 9.17) is 0 Å². The van der Waals surface area contributed by atoms with E-state index in [0.717, 1.165) is 0 Å². The topological polar surface area (TPSA) is 49.2 Å². The zero-order valence-corrected chi connectivity index (χ0v) is 3.25. The average molecular weight is 88.1 g/mol. The van der Waals surface area contributed by atoms with Gasteiger partial charge in [-0.3, -0.25) is 4.94 Å². The van der Waals surface area contributed by atoms with Crippen LogP contribution in [-0.2, 0) is 4.94 Å². The molecule has 0 spiro atoms. The lowest BCUT2D eigenvalue weighted by atomic mass is 11.4. The molecule has 5 nitrogen and oxygen atoms in total. The monoisotopic (exact) mass is 88.0 g/mol. The second-order valence-corrected chi connectivity index (χ2v) is 0.877. The fourth-order valence-corrected chi connectivity index (χ4v) is 0.169. The fourth-order valence-electron chi connectivity index (χ4n) is 0.169. The van der Waals surface area contributed by atoms with Crippen LogP contribution in [0.15, 0.2) is 10.5 Å². The lowest BCUT2D eigenvalue weighted by Crippen LogP contribution is -2.21. The Labute approximate surface area is 34.5 Å². The summed E-state index contributed by atoms with van der Waals surface area (Å²) in [6.07, 6.45) is 0. The van der Waals surface area contributed by atoms with Gasteiger partial charge in [-0.1, -0.05) is 0 Å². The Hall–Kier alpha value is -0.840. The maximum atomic E-state index is 4.19. The van der Waals surface area contributed by atoms with Crippen LogP contribution < -0.4 is 5.59 Å². The van der Waals surface area contributed by atoms with Crippen LogP contribution in [0.25, 0.3) is 0 Å². The maximum absolute atomic E-state index is 4.19. The van der Waals surface area contributed by atoms with Gasteiger partial charge >= 0.3 is 0 Å². The first kappa shape index (κ1) is 3.35. The summed E-state index contributed by atoms with van der Waals surface area (Å²) in [7, 11) is 1.68. The molecule has 0 aromatic carbocycles. The second kappa shape index (κ2) is 1.09. The highest BCUT2D eigenvalue weighted by Crippen LogP contribution is 1.87. The van der Waals surface area contributed by atoms with Crippen LogP contribution in [-0.4, -0.2) is 12.2 Å². The molecule has 0 saturated carbocycles. The molecule has 0 aromatic rings. The molecule has 6 heavy (non-hydrogen) atoms. The molecule has 0 unspecified atom stereocenters. The standard InChI is InChI=1S/CH4N4O/c1-5-2-3-6-4-5/h4H,1H3. The normalized spacial score (nSPS) is 18.5. The van der Waals surface area contributed by atoms with Gasteiger partial charge < -0.3 is 0 Å². The summed E-state index contributed by atoms with van der Waals surface area (Å²) in [6, 6.07) is 0. The van der Waals surface area contributed by atoms with Crippen molar-refractivity contribution in [3.8, 4) is 0 Å². The Morgan fingerprint density at radius 1 is 1.83 bits per heavy atom. The molecule has 0 radical (unpaired) electrons. The van der Waals surface area contributed by atoms with Crippen LogP contribution in [0.1, 0.15) is 0 Å². The summed E-state index contributed by atoms with van der Waals surface area (Å²) in [5.74, 6) is 0. The average Bonchev–Trinajstić information content (AvgIpc) is 1.86. The molecule has 34 valence electrons. The number of nitrogens with one attached hydrogen (secondary N) is 1. The lowest BCUT2D eigenvalue weighted by molar-refractivity contribution is -0.00755. The number of rotatable bonds is 0. The summed E-state index contributed by atoms with van der Waals surface area (Å²) < 4.78 is 0. The molecule has 0 amide bonds. The Morgan fingerprint density at radius 2 is 2.67 bits per heavy atom. The Balaban J connectivity index is 2.38. The summed E-state index contributed by atoms with van der Waals surface area (Å²) in [5.41, 5.74) is 2.32. The number of hydrogen-bond acceptors (Lipinski definition) is 5. The molecule has 0 bridgehead atoms. The third-order valence-corrected chi connectivity index (χ3v) is 0.384. The molecule has 1 aliphatic rings. The molecule has 0 atom stereocenters. The minimum atomic E-state index is 1.35. The SMILES string of the molecule is CN1N=NON1. The van der Waals surface area contributed by atoms with Crippen molar-refractivity contribution >= 4 is 0 Å². The minimum Gasteiger partial charge on any atom is -0.256 e. The molecule has 1 heterocycles. The van der Waals surface area contributed by atoms with Crippen molar-refractivity contribution in [3.05, 3.63) is 0 Å². The molecular weight excluding hydrogens is 84.0 g/mol. The zero-order chi connectivity index (χ0) is 4.41. The molecule has 0 aliphatic carbocycles. The largest absolute Gasteiger partial charge is 0.256 e. The molecule has 1 rings (SSSR count). The zero-order valence-electron chi connectivity index (χ0n) is 3.25. The van der Waals surface area contributed by atoms with Crippen molar-refractivity contribution in [1.29, 1.82) is 0 Å². The first-order valence-corrected chi connectivity index (χ1v) is 1.46. The smallest absolute Gasteiger partial charge is 0.0707 e. The molecule has 0 saturated heterocycles. The predicted octanol–water partition coefficient (Wildman–Crippen LogP) is -0.350. The van der Waals surface area contributed by atoms with E-state index < -0.39 is 0 Å². The van der Waals surface area contributed by atoms with Crippen LogP contribution in [0.4, 0.5) is 0 Å². The van der Waals surface area contributed by atoms with Crippen molar-refractivity contribution in [1.82, 2.24) is 10.7 Å². The Morgan fingerprint density at radius 3 is 2.83 bits per heavy atom. The van der Waals surface area contributed by atoms with Crippen LogP contribution in [0.3, 0.4) is 0 Å². The van der Waals surface area contributed by atoms with Gasteiger partial charge in [0, 0.05) is 7.05 Å². The van der Waals surface area contributed by atoms with E-state index in [9.17, 15) is 0 Å². The summed E-state index contributed by atoms with van der Waals surface area (Å²) >= 11 is 0. The van der Waals surface area contributed by atoms with E-state index in [0.29, 0.717) is 0 Å². The lowest BCUT2D eigenvalue weighted by Gasteiger charge is -1.95. The van der Waals surface area contributed by atoms with E-state index in [-0.39, 0.29) is 0 Å². The second-order valence-electron chi connectivity index (χ2n) is 0.877. The highest BCUT2D eigenvalue weighted by Gasteiger charge is 1.95. The predicted molar refractivity (Wildman–Crippen MR) is 16.8 cm³/mol. The molecule has 0 fully saturated rings. The summed E-state index contributed by atoms with van der Waals surface area (Å²) in [5, 5.41) is 7.81. The molecule has 0 aromatic heterocycles. The number of nitrogens with zero attached hydrogens (tertiary/aromatic N) is 3. The first-order chi connectivity index (χ1) is 2.89. The van der Waals surface area contributed by atoms with Crippen LogP contribution >= 0.6 is 0 Å². The molecule has 1 N–H and O–H groups in total. The van der Waals surface area contributed by atoms with E-state index in [2.05, 4.69) is 21.0 Å². The van der Waals surface area contributed by atoms with Crippen LogP contribution in [0.2, 0.25) is 0 Å². The molecular formula is CH4N4O. The van der Waals surface area contributed by atoms with Gasteiger partial charge in [-0.15, -0.1) is 0 Å². The van der Waals surface area contributed by atoms with Gasteiger partial charge in [-0.25, -0.2) is 0 Å². The van der Waals surface area contributed by atoms with Gasteiger partial charge in [-0.05, 0) is 10.8 Å². The minimum absolute atomic E-state index is 1.35. The van der Waals surface area contributed by atoms with Crippen molar-refractivity contribution in [2.45, 2.75) is 0 Å². The number of hydrogen-bond donors (Lipinski definition) is 1. The molecule has 1 aliphatic heterocycles. The summed E-state index contributed by atoms with van der Waals surface area (Å²) in [6.45, 7) is 0. The van der Waals surface area contributed by atoms with E-state index >= 15 is 0 Å². The van der Waals surface area contributed by atoms with Gasteiger partial charge in [0.05, 0.1) is 5.28 Å². The Bertz CT molecular complexity index is 69.9. The van der Waals surface area contributed by atoms with E-state index in [1.54, 1.807) is 7.05 Å². The Kier molecular flexibility index (Phi) is 0.612. The first-order valence-electron chi connectivity index (χ1n) is 1.46. The van der Waals surface area contributed by atoms with Crippen molar-refractivity contribution in [3.63, 3.8) is 0 Å². The van der Waals surface area contributed by atoms with Gasteiger partial charge in [0.2, 0.25) is 0 Å². The van der Waals surface area contributed by atoms with Crippen molar-refractivity contribution in [2.75, 3.05) is 7.05 Å². The van der Waals surface area contributed by atoms with Crippen molar-refractivity contribution < 1.29 is 4.94 Å². The van der Waals surface area contributed by atoms with Gasteiger partial charge in [0.1, 0.15) is 0 Å². The highest BCUT2D eigenvalue weighted by atomic mass is 16.8. The quantitative estimate of drug-likeness (QED) is 0.440. The highest BCUT2D eigenvalue weighted by molar-refractivity contribution is 4.14. The maximum Gasteiger partial charge on any atom is 0.0707 e.